The average molecular weight is 747 g/mol. The number of fused-ring (bicyclic) bond motifs is 2. The second kappa shape index (κ2) is 13.5. The normalized spacial score (nSPS) is 12.8. The molecule has 0 bridgehead atoms. The highest BCUT2D eigenvalue weighted by Gasteiger charge is 2.27. The van der Waals surface area contributed by atoms with Gasteiger partial charge in [-0.25, -0.2) is 0 Å². The molecule has 9 N–H and O–H groups in total. The molecule has 0 aromatic heterocycles. The molecular weight excluding hydrogens is 711 g/mol. The van der Waals surface area contributed by atoms with E-state index in [1.807, 2.05) is 48.5 Å². The summed E-state index contributed by atoms with van der Waals surface area (Å²) in [6.45, 7) is 0. The lowest BCUT2D eigenvalue weighted by Crippen LogP contribution is -2.09. The molecule has 11 heteroatoms. The van der Waals surface area contributed by atoms with Crippen molar-refractivity contribution < 1.29 is 50.7 Å². The van der Waals surface area contributed by atoms with Crippen molar-refractivity contribution in [2.24, 2.45) is 0 Å². The maximum Gasteiger partial charge on any atom is 0.208 e. The zero-order chi connectivity index (χ0) is 39.6. The topological polar surface area (TPSA) is 191 Å². The number of rotatable bonds is 6. The van der Waals surface area contributed by atoms with Gasteiger partial charge in [0.1, 0.15) is 13.6 Å². The van der Waals surface area contributed by atoms with Crippen LogP contribution in [0, 0.1) is 0 Å². The first-order valence-electron chi connectivity index (χ1n) is 17.7. The first-order chi connectivity index (χ1) is 26.9. The number of aromatic hydroxyl groups is 9. The van der Waals surface area contributed by atoms with Crippen molar-refractivity contribution in [3.05, 3.63) is 114 Å². The molecule has 0 amide bonds. The molecule has 278 valence electrons. The molecule has 0 fully saturated rings. The Morgan fingerprint density at radius 3 is 1.52 bits per heavy atom. The Hall–Kier alpha value is -7.40. The fraction of sp³-hybridized carbons (Fsp3) is 0.0667. The van der Waals surface area contributed by atoms with Gasteiger partial charge in [0.2, 0.25) is 28.7 Å². The number of methoxy groups -OCH3 is 1. The second-order valence-corrected chi connectivity index (χ2v) is 13.7. The summed E-state index contributed by atoms with van der Waals surface area (Å²) >= 11 is 0. The SMILES string of the molecule is Bc1c(O)c(O)c(O)c(O)c1-c1cccc(C2=CCCC(c3c4ccccc4c(-c4cccc(-c5c(O)c(O)c(O)c(O)c5O)c4)c4ccccc34)=C2)c1OC. The van der Waals surface area contributed by atoms with Gasteiger partial charge in [-0.2, -0.15) is 0 Å². The van der Waals surface area contributed by atoms with E-state index in [4.69, 9.17) is 4.74 Å². The maximum atomic E-state index is 10.9. The standard InChI is InChI=1S/C45H35BO10/c1-56-45-25(17-8-18-30(45)34-35(46)39(50)43(54)42(53)38(34)49)21-9-6-10-22(19-21)31-26-13-2-4-15-28(26)32(29-16-5-3-14-27(29)31)23-11-7-12-24(20-23)33-36(47)40(51)44(55)41(52)37(33)48/h2-5,7-9,11-20,47-55H,6,10,46H2,1H3. The molecule has 10 nitrogen and oxygen atoms in total. The van der Waals surface area contributed by atoms with E-state index in [1.54, 1.807) is 30.3 Å². The van der Waals surface area contributed by atoms with Crippen LogP contribution in [0.5, 0.6) is 57.5 Å². The van der Waals surface area contributed by atoms with Crippen molar-refractivity contribution in [2.45, 2.75) is 12.8 Å². The van der Waals surface area contributed by atoms with Gasteiger partial charge >= 0.3 is 0 Å². The van der Waals surface area contributed by atoms with E-state index in [2.05, 4.69) is 24.3 Å². The molecule has 0 atom stereocenters. The smallest absolute Gasteiger partial charge is 0.208 e. The molecule has 0 aliphatic heterocycles. The zero-order valence-corrected chi connectivity index (χ0v) is 30.2. The molecule has 0 radical (unpaired) electrons. The molecule has 7 aromatic carbocycles. The highest BCUT2D eigenvalue weighted by molar-refractivity contribution is 6.39. The lowest BCUT2D eigenvalue weighted by atomic mass is 9.81. The van der Waals surface area contributed by atoms with Gasteiger partial charge in [-0.3, -0.25) is 0 Å². The van der Waals surface area contributed by atoms with Crippen LogP contribution in [0.25, 0.3) is 66.1 Å². The minimum atomic E-state index is -1.03. The van der Waals surface area contributed by atoms with Crippen LogP contribution >= 0.6 is 0 Å². The third-order valence-corrected chi connectivity index (χ3v) is 10.6. The van der Waals surface area contributed by atoms with Crippen molar-refractivity contribution in [1.82, 2.24) is 0 Å². The van der Waals surface area contributed by atoms with Crippen LogP contribution in [0.4, 0.5) is 0 Å². The van der Waals surface area contributed by atoms with Crippen molar-refractivity contribution in [2.75, 3.05) is 7.11 Å². The van der Waals surface area contributed by atoms with Gasteiger partial charge < -0.3 is 50.7 Å². The number of phenols is 9. The number of phenolic OH excluding ortho intramolecular Hbond substituents is 9. The summed E-state index contributed by atoms with van der Waals surface area (Å²) in [5.41, 5.74) is 6.04. The van der Waals surface area contributed by atoms with Crippen LogP contribution in [-0.4, -0.2) is 60.9 Å². The highest BCUT2D eigenvalue weighted by Crippen LogP contribution is 2.56. The molecule has 0 unspecified atom stereocenters. The lowest BCUT2D eigenvalue weighted by molar-refractivity contribution is 0.330. The van der Waals surface area contributed by atoms with Crippen LogP contribution in [0.15, 0.2) is 103 Å². The summed E-state index contributed by atoms with van der Waals surface area (Å²) in [6.07, 6.45) is 5.65. The maximum absolute atomic E-state index is 10.9. The zero-order valence-electron chi connectivity index (χ0n) is 30.2. The third-order valence-electron chi connectivity index (χ3n) is 10.6. The Morgan fingerprint density at radius 1 is 0.482 bits per heavy atom. The van der Waals surface area contributed by atoms with Gasteiger partial charge in [-0.05, 0) is 79.3 Å². The quantitative estimate of drug-likeness (QED) is 0.0350. The fourth-order valence-electron chi connectivity index (χ4n) is 7.99. The highest BCUT2D eigenvalue weighted by atomic mass is 16.5. The van der Waals surface area contributed by atoms with E-state index in [-0.39, 0.29) is 16.6 Å². The van der Waals surface area contributed by atoms with Gasteiger partial charge in [-0.15, -0.1) is 0 Å². The predicted molar refractivity (Wildman–Crippen MR) is 219 cm³/mol. The monoisotopic (exact) mass is 746 g/mol. The second-order valence-electron chi connectivity index (χ2n) is 13.7. The summed E-state index contributed by atoms with van der Waals surface area (Å²) in [7, 11) is 3.04. The molecule has 1 aliphatic carbocycles. The van der Waals surface area contributed by atoms with Crippen LogP contribution in [0.2, 0.25) is 0 Å². The van der Waals surface area contributed by atoms with Crippen LogP contribution < -0.4 is 10.2 Å². The van der Waals surface area contributed by atoms with Crippen LogP contribution in [0.1, 0.15) is 24.0 Å². The summed E-state index contributed by atoms with van der Waals surface area (Å²) in [4.78, 5) is 0. The van der Waals surface area contributed by atoms with Gasteiger partial charge in [0, 0.05) is 16.7 Å². The van der Waals surface area contributed by atoms with E-state index in [0.29, 0.717) is 28.9 Å². The number of allylic oxidation sites excluding steroid dienone is 4. The molecule has 56 heavy (non-hydrogen) atoms. The van der Waals surface area contributed by atoms with Crippen molar-refractivity contribution in [3.63, 3.8) is 0 Å². The number of ether oxygens (including phenoxy) is 1. The van der Waals surface area contributed by atoms with Gasteiger partial charge in [-0.1, -0.05) is 97.1 Å². The molecule has 0 spiro atoms. The summed E-state index contributed by atoms with van der Waals surface area (Å²) in [6, 6.07) is 28.5. The molecule has 0 saturated carbocycles. The van der Waals surface area contributed by atoms with E-state index in [1.165, 1.54) is 15.0 Å². The average Bonchev–Trinajstić information content (AvgIpc) is 3.22. The predicted octanol–water partition coefficient (Wildman–Crippen LogP) is 7.87. The molecular formula is C45H35BO10. The minimum Gasteiger partial charge on any atom is -0.505 e. The molecule has 0 heterocycles. The third kappa shape index (κ3) is 5.35. The van der Waals surface area contributed by atoms with Crippen LogP contribution in [0.3, 0.4) is 0 Å². The first kappa shape index (κ1) is 35.6. The van der Waals surface area contributed by atoms with Gasteiger partial charge in [0.25, 0.3) is 0 Å². The summed E-state index contributed by atoms with van der Waals surface area (Å²) < 4.78 is 5.95. The molecule has 8 rings (SSSR count). The Kier molecular flexibility index (Phi) is 8.57. The number of hydrogen-bond donors (Lipinski definition) is 9. The van der Waals surface area contributed by atoms with E-state index in [9.17, 15) is 46.0 Å². The number of benzene rings is 7. The summed E-state index contributed by atoms with van der Waals surface area (Å²) in [5, 5.41) is 97.9. The number of para-hydroxylation sites is 1. The largest absolute Gasteiger partial charge is 0.505 e. The Balaban J connectivity index is 1.32. The Labute approximate surface area is 321 Å². The van der Waals surface area contributed by atoms with E-state index >= 15 is 0 Å². The van der Waals surface area contributed by atoms with E-state index < -0.39 is 51.7 Å². The molecule has 7 aromatic rings. The lowest BCUT2D eigenvalue weighted by Gasteiger charge is -2.23. The first-order valence-corrected chi connectivity index (χ1v) is 17.7. The molecule has 1 aliphatic rings. The van der Waals surface area contributed by atoms with Gasteiger partial charge in [0.15, 0.2) is 23.0 Å². The van der Waals surface area contributed by atoms with Crippen LogP contribution in [-0.2, 0) is 0 Å². The van der Waals surface area contributed by atoms with Crippen molar-refractivity contribution in [3.8, 4) is 90.9 Å². The fourth-order valence-corrected chi connectivity index (χ4v) is 7.99. The molecule has 0 saturated heterocycles. The minimum absolute atomic E-state index is 0.123. The number of hydrogen-bond acceptors (Lipinski definition) is 10. The van der Waals surface area contributed by atoms with Crippen molar-refractivity contribution >= 4 is 46.0 Å². The van der Waals surface area contributed by atoms with Crippen molar-refractivity contribution in [1.29, 1.82) is 0 Å². The Morgan fingerprint density at radius 2 is 0.946 bits per heavy atom. The van der Waals surface area contributed by atoms with Gasteiger partial charge in [0.05, 0.1) is 12.7 Å². The summed E-state index contributed by atoms with van der Waals surface area (Å²) in [5.74, 6) is -6.86. The Bertz CT molecular complexity index is 2740. The van der Waals surface area contributed by atoms with E-state index in [0.717, 1.165) is 55.8 Å².